The molecule has 0 spiro atoms. The van der Waals surface area contributed by atoms with Crippen LogP contribution in [0.1, 0.15) is 5.56 Å². The summed E-state index contributed by atoms with van der Waals surface area (Å²) in [6.07, 6.45) is 1.73. The Bertz CT molecular complexity index is 813. The summed E-state index contributed by atoms with van der Waals surface area (Å²) in [7, 11) is 0. The number of aromatic nitrogens is 2. The first-order valence-corrected chi connectivity index (χ1v) is 6.68. The van der Waals surface area contributed by atoms with Gasteiger partial charge in [-0.05, 0) is 12.1 Å². The molecule has 6 nitrogen and oxygen atoms in total. The highest BCUT2D eigenvalue weighted by Gasteiger charge is 2.14. The van der Waals surface area contributed by atoms with Gasteiger partial charge in [-0.3, -0.25) is 10.1 Å². The van der Waals surface area contributed by atoms with Gasteiger partial charge in [0.15, 0.2) is 0 Å². The molecule has 0 aliphatic heterocycles. The fraction of sp³-hybridized carbons (Fsp3) is 0.0625. The van der Waals surface area contributed by atoms with Crippen LogP contribution >= 0.6 is 0 Å². The number of nitro benzene ring substituents is 1. The lowest BCUT2D eigenvalue weighted by Crippen LogP contribution is -1.94. The standard InChI is InChI=1S/C16H13N3O3/c20-11-13-10-18(14-6-2-1-3-7-14)17-16(13)12-5-4-8-15(9-12)19(21)22/h1-10,20H,11H2. The van der Waals surface area contributed by atoms with E-state index in [-0.39, 0.29) is 12.3 Å². The van der Waals surface area contributed by atoms with Crippen molar-refractivity contribution in [3.8, 4) is 16.9 Å². The minimum atomic E-state index is -0.448. The van der Waals surface area contributed by atoms with Crippen molar-refractivity contribution in [3.63, 3.8) is 0 Å². The van der Waals surface area contributed by atoms with Crippen LogP contribution < -0.4 is 0 Å². The van der Waals surface area contributed by atoms with Crippen LogP contribution in [0.15, 0.2) is 60.8 Å². The zero-order valence-electron chi connectivity index (χ0n) is 11.6. The Hall–Kier alpha value is -2.99. The summed E-state index contributed by atoms with van der Waals surface area (Å²) in [6, 6.07) is 15.7. The van der Waals surface area contributed by atoms with Crippen LogP contribution in [0.4, 0.5) is 5.69 Å². The van der Waals surface area contributed by atoms with Crippen molar-refractivity contribution in [2.45, 2.75) is 6.61 Å². The third-order valence-electron chi connectivity index (χ3n) is 3.31. The quantitative estimate of drug-likeness (QED) is 0.592. The molecule has 1 N–H and O–H groups in total. The van der Waals surface area contributed by atoms with Gasteiger partial charge in [-0.2, -0.15) is 5.10 Å². The van der Waals surface area contributed by atoms with Crippen molar-refractivity contribution >= 4 is 5.69 Å². The molecule has 0 saturated heterocycles. The average molecular weight is 295 g/mol. The van der Waals surface area contributed by atoms with Crippen molar-refractivity contribution < 1.29 is 10.0 Å². The second-order valence-electron chi connectivity index (χ2n) is 4.75. The maximum absolute atomic E-state index is 10.9. The summed E-state index contributed by atoms with van der Waals surface area (Å²) in [5.74, 6) is 0. The maximum atomic E-state index is 10.9. The molecule has 0 aliphatic rings. The van der Waals surface area contributed by atoms with Crippen molar-refractivity contribution in [1.82, 2.24) is 9.78 Å². The summed E-state index contributed by atoms with van der Waals surface area (Å²) in [5, 5.41) is 24.9. The molecule has 22 heavy (non-hydrogen) atoms. The molecule has 0 fully saturated rings. The number of para-hydroxylation sites is 1. The van der Waals surface area contributed by atoms with E-state index in [2.05, 4.69) is 5.10 Å². The Morgan fingerprint density at radius 2 is 1.91 bits per heavy atom. The van der Waals surface area contributed by atoms with E-state index in [1.54, 1.807) is 23.0 Å². The summed E-state index contributed by atoms with van der Waals surface area (Å²) >= 11 is 0. The monoisotopic (exact) mass is 295 g/mol. The van der Waals surface area contributed by atoms with Crippen molar-refractivity contribution in [2.24, 2.45) is 0 Å². The topological polar surface area (TPSA) is 81.2 Å². The number of aliphatic hydroxyl groups excluding tert-OH is 1. The fourth-order valence-electron chi connectivity index (χ4n) is 2.25. The maximum Gasteiger partial charge on any atom is 0.270 e. The van der Waals surface area contributed by atoms with Gasteiger partial charge in [-0.15, -0.1) is 0 Å². The first kappa shape index (κ1) is 14.0. The number of nitrogens with zero attached hydrogens (tertiary/aromatic N) is 3. The number of hydrogen-bond acceptors (Lipinski definition) is 4. The van der Waals surface area contributed by atoms with Crippen LogP contribution in [0.3, 0.4) is 0 Å². The van der Waals surface area contributed by atoms with Gasteiger partial charge in [0.2, 0.25) is 0 Å². The Balaban J connectivity index is 2.09. The highest BCUT2D eigenvalue weighted by Crippen LogP contribution is 2.26. The third kappa shape index (κ3) is 2.59. The first-order valence-electron chi connectivity index (χ1n) is 6.68. The van der Waals surface area contributed by atoms with Crippen LogP contribution in [0.2, 0.25) is 0 Å². The smallest absolute Gasteiger partial charge is 0.270 e. The van der Waals surface area contributed by atoms with E-state index in [9.17, 15) is 15.2 Å². The molecular formula is C16H13N3O3. The molecule has 0 saturated carbocycles. The molecule has 0 bridgehead atoms. The second kappa shape index (κ2) is 5.79. The van der Waals surface area contributed by atoms with Crippen LogP contribution in [-0.4, -0.2) is 19.8 Å². The number of aliphatic hydroxyl groups is 1. The van der Waals surface area contributed by atoms with E-state index >= 15 is 0 Å². The Morgan fingerprint density at radius 3 is 2.59 bits per heavy atom. The van der Waals surface area contributed by atoms with E-state index in [0.717, 1.165) is 5.69 Å². The van der Waals surface area contributed by atoms with Crippen molar-refractivity contribution in [1.29, 1.82) is 0 Å². The number of rotatable bonds is 4. The van der Waals surface area contributed by atoms with Gasteiger partial charge in [0.05, 0.1) is 22.9 Å². The predicted molar refractivity (Wildman–Crippen MR) is 81.6 cm³/mol. The molecule has 2 aromatic carbocycles. The van der Waals surface area contributed by atoms with Crippen LogP contribution in [-0.2, 0) is 6.61 Å². The van der Waals surface area contributed by atoms with Crippen LogP contribution in [0.25, 0.3) is 16.9 Å². The van der Waals surface area contributed by atoms with Gasteiger partial charge < -0.3 is 5.11 Å². The molecular weight excluding hydrogens is 282 g/mol. The first-order chi connectivity index (χ1) is 10.7. The normalized spacial score (nSPS) is 10.6. The third-order valence-corrected chi connectivity index (χ3v) is 3.31. The summed E-state index contributed by atoms with van der Waals surface area (Å²) in [4.78, 5) is 10.4. The molecule has 0 atom stereocenters. The van der Waals surface area contributed by atoms with E-state index in [4.69, 9.17) is 0 Å². The molecule has 0 amide bonds. The van der Waals surface area contributed by atoms with Crippen LogP contribution in [0.5, 0.6) is 0 Å². The lowest BCUT2D eigenvalue weighted by atomic mass is 10.1. The Morgan fingerprint density at radius 1 is 1.14 bits per heavy atom. The number of benzene rings is 2. The van der Waals surface area contributed by atoms with Gasteiger partial charge in [-0.25, -0.2) is 4.68 Å². The summed E-state index contributed by atoms with van der Waals surface area (Å²) < 4.78 is 1.65. The van der Waals surface area contributed by atoms with Crippen molar-refractivity contribution in [3.05, 3.63) is 76.5 Å². The highest BCUT2D eigenvalue weighted by atomic mass is 16.6. The number of hydrogen-bond donors (Lipinski definition) is 1. The summed E-state index contributed by atoms with van der Waals surface area (Å²) in [6.45, 7) is -0.190. The molecule has 110 valence electrons. The van der Waals surface area contributed by atoms with E-state index in [1.165, 1.54) is 12.1 Å². The molecule has 0 unspecified atom stereocenters. The van der Waals surface area contributed by atoms with Gasteiger partial charge in [-0.1, -0.05) is 30.3 Å². The zero-order chi connectivity index (χ0) is 15.5. The van der Waals surface area contributed by atoms with Gasteiger partial charge in [0.25, 0.3) is 5.69 Å². The van der Waals surface area contributed by atoms with Gasteiger partial charge in [0.1, 0.15) is 0 Å². The Kier molecular flexibility index (Phi) is 3.67. The SMILES string of the molecule is O=[N+]([O-])c1cccc(-c2nn(-c3ccccc3)cc2CO)c1. The minimum absolute atomic E-state index is 0.00403. The molecule has 3 aromatic rings. The molecule has 0 aliphatic carbocycles. The predicted octanol–water partition coefficient (Wildman–Crippen LogP) is 2.94. The lowest BCUT2D eigenvalue weighted by Gasteiger charge is -2.01. The molecule has 3 rings (SSSR count). The minimum Gasteiger partial charge on any atom is -0.392 e. The number of non-ortho nitro benzene ring substituents is 1. The molecule has 1 aromatic heterocycles. The highest BCUT2D eigenvalue weighted by molar-refractivity contribution is 5.65. The van der Waals surface area contributed by atoms with E-state index < -0.39 is 4.92 Å². The average Bonchev–Trinajstić information content (AvgIpc) is 3.00. The largest absolute Gasteiger partial charge is 0.392 e. The van der Waals surface area contributed by atoms with E-state index in [1.807, 2.05) is 30.3 Å². The van der Waals surface area contributed by atoms with E-state index in [0.29, 0.717) is 16.8 Å². The molecule has 1 heterocycles. The van der Waals surface area contributed by atoms with Gasteiger partial charge >= 0.3 is 0 Å². The van der Waals surface area contributed by atoms with Gasteiger partial charge in [0, 0.05) is 29.5 Å². The number of nitro groups is 1. The second-order valence-corrected chi connectivity index (χ2v) is 4.75. The van der Waals surface area contributed by atoms with Crippen LogP contribution in [0, 0.1) is 10.1 Å². The molecule has 6 heteroatoms. The molecule has 0 radical (unpaired) electrons. The fourth-order valence-corrected chi connectivity index (χ4v) is 2.25. The summed E-state index contributed by atoms with van der Waals surface area (Å²) in [5.41, 5.74) is 2.61. The zero-order valence-corrected chi connectivity index (χ0v) is 11.6. The lowest BCUT2D eigenvalue weighted by molar-refractivity contribution is -0.384. The Labute approximate surface area is 126 Å². The van der Waals surface area contributed by atoms with Crippen molar-refractivity contribution in [2.75, 3.05) is 0 Å².